The van der Waals surface area contributed by atoms with Gasteiger partial charge in [-0.15, -0.1) is 11.3 Å². The number of rotatable bonds is 5. The number of ether oxygens (including phenoxy) is 1. The molecular weight excluding hydrogens is 256 g/mol. The largest absolute Gasteiger partial charge is 0.481 e. The van der Waals surface area contributed by atoms with Gasteiger partial charge in [-0.05, 0) is 12.1 Å². The molecule has 92 valence electrons. The molecule has 0 bridgehead atoms. The van der Waals surface area contributed by atoms with Crippen LogP contribution in [0.3, 0.4) is 0 Å². The lowest BCUT2D eigenvalue weighted by Gasteiger charge is -2.05. The Morgan fingerprint density at radius 2 is 2.33 bits per heavy atom. The van der Waals surface area contributed by atoms with Crippen molar-refractivity contribution in [3.05, 3.63) is 50.5 Å². The first-order valence-electron chi connectivity index (χ1n) is 4.94. The van der Waals surface area contributed by atoms with E-state index in [1.165, 1.54) is 29.5 Å². The average Bonchev–Trinajstić information content (AvgIpc) is 2.89. The van der Waals surface area contributed by atoms with Gasteiger partial charge < -0.3 is 4.74 Å². The molecule has 0 atom stereocenters. The van der Waals surface area contributed by atoms with Crippen LogP contribution in [0.2, 0.25) is 0 Å². The molecule has 1 aromatic carbocycles. The highest BCUT2D eigenvalue weighted by Crippen LogP contribution is 2.28. The van der Waals surface area contributed by atoms with Crippen molar-refractivity contribution in [1.29, 1.82) is 0 Å². The van der Waals surface area contributed by atoms with Crippen LogP contribution in [0.4, 0.5) is 5.69 Å². The SMILES string of the molecule is O=Cc1ccc(OCc2cncs2)c([N+](=O)[O-])c1. The molecule has 18 heavy (non-hydrogen) atoms. The van der Waals surface area contributed by atoms with Gasteiger partial charge in [-0.25, -0.2) is 0 Å². The molecule has 0 saturated heterocycles. The van der Waals surface area contributed by atoms with Crippen LogP contribution in [0.5, 0.6) is 5.75 Å². The maximum absolute atomic E-state index is 10.9. The molecule has 0 N–H and O–H groups in total. The molecular formula is C11H8N2O4S. The van der Waals surface area contributed by atoms with E-state index in [2.05, 4.69) is 4.98 Å². The van der Waals surface area contributed by atoms with Crippen molar-refractivity contribution < 1.29 is 14.5 Å². The third-order valence-electron chi connectivity index (χ3n) is 2.17. The quantitative estimate of drug-likeness (QED) is 0.470. The number of hydrogen-bond donors (Lipinski definition) is 0. The van der Waals surface area contributed by atoms with Crippen molar-refractivity contribution in [2.45, 2.75) is 6.61 Å². The van der Waals surface area contributed by atoms with E-state index >= 15 is 0 Å². The van der Waals surface area contributed by atoms with Crippen LogP contribution < -0.4 is 4.74 Å². The van der Waals surface area contributed by atoms with Crippen molar-refractivity contribution in [2.75, 3.05) is 0 Å². The number of thiazole rings is 1. The number of carbonyl (C=O) groups is 1. The van der Waals surface area contributed by atoms with Gasteiger partial charge in [0.15, 0.2) is 5.75 Å². The minimum absolute atomic E-state index is 0.138. The van der Waals surface area contributed by atoms with Crippen molar-refractivity contribution in [3.8, 4) is 5.75 Å². The van der Waals surface area contributed by atoms with Crippen LogP contribution in [0.25, 0.3) is 0 Å². The molecule has 6 nitrogen and oxygen atoms in total. The van der Waals surface area contributed by atoms with Gasteiger partial charge in [0.05, 0.1) is 15.3 Å². The van der Waals surface area contributed by atoms with Crippen molar-refractivity contribution in [3.63, 3.8) is 0 Å². The molecule has 0 amide bonds. The number of hydrogen-bond acceptors (Lipinski definition) is 6. The number of nitrogens with zero attached hydrogens (tertiary/aromatic N) is 2. The highest BCUT2D eigenvalue weighted by Gasteiger charge is 2.16. The molecule has 0 aliphatic carbocycles. The zero-order chi connectivity index (χ0) is 13.0. The van der Waals surface area contributed by atoms with Gasteiger partial charge in [0, 0.05) is 17.8 Å². The highest BCUT2D eigenvalue weighted by molar-refractivity contribution is 7.09. The molecule has 0 aliphatic rings. The molecule has 2 rings (SSSR count). The van der Waals surface area contributed by atoms with Gasteiger partial charge in [0.25, 0.3) is 0 Å². The second kappa shape index (κ2) is 5.37. The van der Waals surface area contributed by atoms with E-state index in [1.807, 2.05) is 0 Å². The van der Waals surface area contributed by atoms with E-state index in [0.717, 1.165) is 4.88 Å². The highest BCUT2D eigenvalue weighted by atomic mass is 32.1. The predicted octanol–water partition coefficient (Wildman–Crippen LogP) is 2.44. The summed E-state index contributed by atoms with van der Waals surface area (Å²) in [6.07, 6.45) is 2.19. The standard InChI is InChI=1S/C11H8N2O4S/c14-5-8-1-2-11(10(3-8)13(15)16)17-6-9-4-12-7-18-9/h1-5,7H,6H2. The van der Waals surface area contributed by atoms with Crippen LogP contribution in [-0.2, 0) is 6.61 Å². The third-order valence-corrected chi connectivity index (χ3v) is 2.92. The van der Waals surface area contributed by atoms with Crippen LogP contribution >= 0.6 is 11.3 Å². The summed E-state index contributed by atoms with van der Waals surface area (Å²) < 4.78 is 5.36. The van der Waals surface area contributed by atoms with E-state index < -0.39 is 4.92 Å². The van der Waals surface area contributed by atoms with Gasteiger partial charge in [-0.1, -0.05) is 0 Å². The molecule has 0 unspecified atom stereocenters. The summed E-state index contributed by atoms with van der Waals surface area (Å²) >= 11 is 1.40. The zero-order valence-corrected chi connectivity index (χ0v) is 9.92. The van der Waals surface area contributed by atoms with Gasteiger partial charge >= 0.3 is 5.69 Å². The van der Waals surface area contributed by atoms with E-state index in [9.17, 15) is 14.9 Å². The summed E-state index contributed by atoms with van der Waals surface area (Å²) in [6, 6.07) is 4.08. The topological polar surface area (TPSA) is 82.3 Å². The Morgan fingerprint density at radius 1 is 1.50 bits per heavy atom. The number of aromatic nitrogens is 1. The summed E-state index contributed by atoms with van der Waals surface area (Å²) in [5, 5.41) is 10.9. The van der Waals surface area contributed by atoms with Crippen LogP contribution in [0.1, 0.15) is 15.2 Å². The van der Waals surface area contributed by atoms with E-state index in [1.54, 1.807) is 11.7 Å². The molecule has 1 aromatic heterocycles. The first-order valence-corrected chi connectivity index (χ1v) is 5.82. The molecule has 1 heterocycles. The number of aldehydes is 1. The van der Waals surface area contributed by atoms with Crippen molar-refractivity contribution >= 4 is 23.3 Å². The van der Waals surface area contributed by atoms with E-state index in [4.69, 9.17) is 4.74 Å². The van der Waals surface area contributed by atoms with Gasteiger partial charge in [-0.2, -0.15) is 0 Å². The fourth-order valence-corrected chi connectivity index (χ4v) is 1.84. The predicted molar refractivity (Wildman–Crippen MR) is 64.9 cm³/mol. The third kappa shape index (κ3) is 2.69. The molecule has 0 fully saturated rings. The smallest absolute Gasteiger partial charge is 0.311 e. The number of nitro groups is 1. The fourth-order valence-electron chi connectivity index (χ4n) is 1.33. The maximum Gasteiger partial charge on any atom is 0.311 e. The second-order valence-corrected chi connectivity index (χ2v) is 4.33. The summed E-state index contributed by atoms with van der Waals surface area (Å²) in [6.45, 7) is 0.214. The monoisotopic (exact) mass is 264 g/mol. The second-order valence-electron chi connectivity index (χ2n) is 3.36. The zero-order valence-electron chi connectivity index (χ0n) is 9.11. The normalized spacial score (nSPS) is 10.0. The van der Waals surface area contributed by atoms with Gasteiger partial charge in [-0.3, -0.25) is 19.9 Å². The Labute approximate surface area is 106 Å². The average molecular weight is 264 g/mol. The summed E-state index contributed by atoms with van der Waals surface area (Å²) in [4.78, 5) is 25.6. The fraction of sp³-hybridized carbons (Fsp3) is 0.0909. The lowest BCUT2D eigenvalue weighted by Crippen LogP contribution is -1.98. The summed E-state index contributed by atoms with van der Waals surface area (Å²) in [7, 11) is 0. The maximum atomic E-state index is 10.9. The molecule has 0 aliphatic heterocycles. The van der Waals surface area contributed by atoms with Crippen LogP contribution in [-0.4, -0.2) is 16.2 Å². The van der Waals surface area contributed by atoms with E-state index in [0.29, 0.717) is 6.29 Å². The number of nitro benzene ring substituents is 1. The first-order chi connectivity index (χ1) is 8.70. The Morgan fingerprint density at radius 3 is 2.94 bits per heavy atom. The number of benzene rings is 1. The molecule has 0 spiro atoms. The van der Waals surface area contributed by atoms with Crippen molar-refractivity contribution in [2.24, 2.45) is 0 Å². The Hall–Kier alpha value is -2.28. The Kier molecular flexibility index (Phi) is 3.63. The van der Waals surface area contributed by atoms with Crippen LogP contribution in [0.15, 0.2) is 29.9 Å². The van der Waals surface area contributed by atoms with Crippen molar-refractivity contribution in [1.82, 2.24) is 4.98 Å². The Balaban J connectivity index is 2.21. The lowest BCUT2D eigenvalue weighted by molar-refractivity contribution is -0.386. The number of carbonyl (C=O) groups excluding carboxylic acids is 1. The molecule has 0 saturated carbocycles. The minimum Gasteiger partial charge on any atom is -0.481 e. The molecule has 7 heteroatoms. The molecule has 0 radical (unpaired) electrons. The first kappa shape index (κ1) is 12.2. The summed E-state index contributed by atoms with van der Waals surface area (Å²) in [5.41, 5.74) is 1.68. The van der Waals surface area contributed by atoms with Crippen LogP contribution in [0, 0.1) is 10.1 Å². The summed E-state index contributed by atoms with van der Waals surface area (Å²) in [5.74, 6) is 0.138. The Bertz CT molecular complexity index is 568. The molecule has 2 aromatic rings. The van der Waals surface area contributed by atoms with Gasteiger partial charge in [0.2, 0.25) is 0 Å². The lowest BCUT2D eigenvalue weighted by atomic mass is 10.2. The minimum atomic E-state index is -0.574. The van der Waals surface area contributed by atoms with E-state index in [-0.39, 0.29) is 23.6 Å². The van der Waals surface area contributed by atoms with Gasteiger partial charge in [0.1, 0.15) is 12.9 Å².